The topological polar surface area (TPSA) is 70.4 Å². The first-order valence-corrected chi connectivity index (χ1v) is 7.55. The molecule has 0 aliphatic carbocycles. The zero-order chi connectivity index (χ0) is 16.8. The molecular weight excluding hydrogens is 290 g/mol. The van der Waals surface area contributed by atoms with Crippen molar-refractivity contribution in [2.24, 2.45) is 12.0 Å². The summed E-state index contributed by atoms with van der Waals surface area (Å²) in [4.78, 5) is 10.5. The monoisotopic (exact) mass is 315 g/mol. The summed E-state index contributed by atoms with van der Waals surface area (Å²) in [5.74, 6) is 1.60. The summed E-state index contributed by atoms with van der Waals surface area (Å²) >= 11 is 0. The van der Waals surface area contributed by atoms with Gasteiger partial charge in [-0.25, -0.2) is 4.98 Å². The van der Waals surface area contributed by atoms with Crippen molar-refractivity contribution in [2.75, 3.05) is 26.0 Å². The van der Waals surface area contributed by atoms with Crippen LogP contribution >= 0.6 is 0 Å². The molecule has 0 aliphatic rings. The van der Waals surface area contributed by atoms with Gasteiger partial charge in [0.25, 0.3) is 0 Å². The molecule has 23 heavy (non-hydrogen) atoms. The molecule has 0 saturated carbocycles. The molecule has 2 aromatic rings. The number of nitrogens with one attached hydrogen (secondary N) is 2. The van der Waals surface area contributed by atoms with Crippen LogP contribution in [0.15, 0.2) is 29.5 Å². The third kappa shape index (κ3) is 4.45. The van der Waals surface area contributed by atoms with E-state index in [1.165, 1.54) is 16.8 Å². The van der Waals surface area contributed by atoms with Crippen molar-refractivity contribution in [3.05, 3.63) is 41.5 Å². The van der Waals surface area contributed by atoms with Crippen LogP contribution in [0.3, 0.4) is 0 Å². The average molecular weight is 315 g/mol. The molecular formula is C16H25N7. The number of benzene rings is 1. The van der Waals surface area contributed by atoms with Crippen LogP contribution in [-0.4, -0.2) is 41.9 Å². The third-order valence-corrected chi connectivity index (χ3v) is 3.73. The van der Waals surface area contributed by atoms with Gasteiger partial charge in [-0.05, 0) is 30.2 Å². The van der Waals surface area contributed by atoms with Crippen LogP contribution in [0.5, 0.6) is 0 Å². The van der Waals surface area contributed by atoms with Crippen molar-refractivity contribution in [1.82, 2.24) is 25.4 Å². The third-order valence-electron chi connectivity index (χ3n) is 3.73. The molecule has 7 heteroatoms. The molecule has 2 rings (SSSR count). The van der Waals surface area contributed by atoms with Crippen LogP contribution in [0.4, 0.5) is 5.69 Å². The van der Waals surface area contributed by atoms with Gasteiger partial charge in [-0.15, -0.1) is 0 Å². The molecule has 2 N–H and O–H groups in total. The predicted octanol–water partition coefficient (Wildman–Crippen LogP) is 1.05. The molecule has 0 amide bonds. The first-order chi connectivity index (χ1) is 11.0. The number of nitrogens with zero attached hydrogens (tertiary/aromatic N) is 5. The number of rotatable bonds is 5. The van der Waals surface area contributed by atoms with E-state index in [1.54, 1.807) is 18.1 Å². The summed E-state index contributed by atoms with van der Waals surface area (Å²) in [5, 5.41) is 10.6. The minimum Gasteiger partial charge on any atom is -0.378 e. The van der Waals surface area contributed by atoms with Gasteiger partial charge >= 0.3 is 0 Å². The standard InChI is InChI=1S/C16H25N7/c1-12-8-14(22(3)4)7-6-13(12)9-18-16(17-2)19-10-15-20-11-21-23(15)5/h6-8,11H,9-10H2,1-5H3,(H2,17,18,19). The number of hydrogen-bond donors (Lipinski definition) is 2. The summed E-state index contributed by atoms with van der Waals surface area (Å²) in [6.45, 7) is 3.42. The molecule has 0 unspecified atom stereocenters. The Labute approximate surface area is 137 Å². The van der Waals surface area contributed by atoms with Gasteiger partial charge in [0, 0.05) is 40.4 Å². The number of aromatic nitrogens is 3. The summed E-state index contributed by atoms with van der Waals surface area (Å²) in [7, 11) is 7.72. The zero-order valence-corrected chi connectivity index (χ0v) is 14.5. The zero-order valence-electron chi connectivity index (χ0n) is 14.5. The predicted molar refractivity (Wildman–Crippen MR) is 93.5 cm³/mol. The minimum absolute atomic E-state index is 0.578. The average Bonchev–Trinajstić information content (AvgIpc) is 2.93. The molecule has 1 aromatic carbocycles. The first-order valence-electron chi connectivity index (χ1n) is 7.55. The van der Waals surface area contributed by atoms with E-state index >= 15 is 0 Å². The molecule has 0 saturated heterocycles. The van der Waals surface area contributed by atoms with Gasteiger partial charge < -0.3 is 15.5 Å². The fraction of sp³-hybridized carbons (Fsp3) is 0.438. The molecule has 0 fully saturated rings. The van der Waals surface area contributed by atoms with Crippen molar-refractivity contribution in [2.45, 2.75) is 20.0 Å². The normalized spacial score (nSPS) is 11.4. The van der Waals surface area contributed by atoms with Crippen LogP contribution < -0.4 is 15.5 Å². The van der Waals surface area contributed by atoms with Crippen molar-refractivity contribution >= 4 is 11.6 Å². The van der Waals surface area contributed by atoms with E-state index in [0.29, 0.717) is 6.54 Å². The lowest BCUT2D eigenvalue weighted by Gasteiger charge is -2.16. The van der Waals surface area contributed by atoms with Gasteiger partial charge in [-0.3, -0.25) is 9.67 Å². The first kappa shape index (κ1) is 16.8. The Balaban J connectivity index is 1.92. The highest BCUT2D eigenvalue weighted by molar-refractivity contribution is 5.79. The number of guanidine groups is 1. The molecule has 0 radical (unpaired) electrons. The van der Waals surface area contributed by atoms with Crippen LogP contribution in [0.25, 0.3) is 0 Å². The summed E-state index contributed by atoms with van der Waals surface area (Å²) < 4.78 is 1.74. The van der Waals surface area contributed by atoms with Gasteiger partial charge in [-0.1, -0.05) is 6.07 Å². The van der Waals surface area contributed by atoms with Crippen LogP contribution in [-0.2, 0) is 20.1 Å². The van der Waals surface area contributed by atoms with E-state index in [1.807, 2.05) is 21.1 Å². The van der Waals surface area contributed by atoms with Gasteiger partial charge in [0.2, 0.25) is 0 Å². The summed E-state index contributed by atoms with van der Waals surface area (Å²) in [5.41, 5.74) is 3.71. The lowest BCUT2D eigenvalue weighted by Crippen LogP contribution is -2.37. The fourth-order valence-electron chi connectivity index (χ4n) is 2.20. The van der Waals surface area contributed by atoms with Gasteiger partial charge in [0.05, 0.1) is 6.54 Å². The molecule has 1 aromatic heterocycles. The lowest BCUT2D eigenvalue weighted by molar-refractivity contribution is 0.672. The Morgan fingerprint density at radius 3 is 2.57 bits per heavy atom. The number of aryl methyl sites for hydroxylation is 2. The van der Waals surface area contributed by atoms with E-state index < -0.39 is 0 Å². The molecule has 0 bridgehead atoms. The van der Waals surface area contributed by atoms with E-state index in [9.17, 15) is 0 Å². The van der Waals surface area contributed by atoms with Crippen molar-refractivity contribution in [3.8, 4) is 0 Å². The van der Waals surface area contributed by atoms with Crippen molar-refractivity contribution in [3.63, 3.8) is 0 Å². The minimum atomic E-state index is 0.578. The summed E-state index contributed by atoms with van der Waals surface area (Å²) in [6, 6.07) is 6.46. The van der Waals surface area contributed by atoms with Gasteiger partial charge in [0.15, 0.2) is 5.96 Å². The maximum atomic E-state index is 4.24. The highest BCUT2D eigenvalue weighted by atomic mass is 15.3. The Hall–Kier alpha value is -2.57. The largest absolute Gasteiger partial charge is 0.378 e. The second-order valence-corrected chi connectivity index (χ2v) is 5.58. The Bertz CT molecular complexity index is 673. The fourth-order valence-corrected chi connectivity index (χ4v) is 2.20. The molecule has 1 heterocycles. The Morgan fingerprint density at radius 2 is 2.00 bits per heavy atom. The van der Waals surface area contributed by atoms with Gasteiger partial charge in [0.1, 0.15) is 12.2 Å². The van der Waals surface area contributed by atoms with E-state index in [0.717, 1.165) is 18.3 Å². The Morgan fingerprint density at radius 1 is 1.26 bits per heavy atom. The molecule has 0 atom stereocenters. The van der Waals surface area contributed by atoms with Crippen LogP contribution in [0.2, 0.25) is 0 Å². The van der Waals surface area contributed by atoms with Crippen molar-refractivity contribution in [1.29, 1.82) is 0 Å². The number of anilines is 1. The van der Waals surface area contributed by atoms with E-state index in [4.69, 9.17) is 0 Å². The van der Waals surface area contributed by atoms with E-state index in [-0.39, 0.29) is 0 Å². The quantitative estimate of drug-likeness (QED) is 0.638. The highest BCUT2D eigenvalue weighted by Crippen LogP contribution is 2.17. The maximum Gasteiger partial charge on any atom is 0.191 e. The summed E-state index contributed by atoms with van der Waals surface area (Å²) in [6.07, 6.45) is 1.54. The molecule has 7 nitrogen and oxygen atoms in total. The van der Waals surface area contributed by atoms with E-state index in [2.05, 4.69) is 55.7 Å². The lowest BCUT2D eigenvalue weighted by atomic mass is 10.1. The smallest absolute Gasteiger partial charge is 0.191 e. The van der Waals surface area contributed by atoms with Crippen LogP contribution in [0, 0.1) is 6.92 Å². The van der Waals surface area contributed by atoms with Gasteiger partial charge in [-0.2, -0.15) is 5.10 Å². The number of hydrogen-bond acceptors (Lipinski definition) is 4. The second-order valence-electron chi connectivity index (χ2n) is 5.58. The second kappa shape index (κ2) is 7.62. The Kier molecular flexibility index (Phi) is 5.56. The maximum absolute atomic E-state index is 4.24. The SMILES string of the molecule is CN=C(NCc1ccc(N(C)C)cc1C)NCc1ncnn1C. The number of aliphatic imine (C=N–C) groups is 1. The highest BCUT2D eigenvalue weighted by Gasteiger charge is 2.05. The van der Waals surface area contributed by atoms with Crippen LogP contribution in [0.1, 0.15) is 17.0 Å². The molecule has 0 spiro atoms. The molecule has 124 valence electrons. The van der Waals surface area contributed by atoms with Crippen molar-refractivity contribution < 1.29 is 0 Å². The molecule has 0 aliphatic heterocycles.